The van der Waals surface area contributed by atoms with E-state index in [1.807, 2.05) is 37.3 Å². The van der Waals surface area contributed by atoms with Crippen molar-refractivity contribution in [2.45, 2.75) is 25.4 Å². The number of nitrogens with one attached hydrogen (secondary N) is 1. The zero-order valence-electron chi connectivity index (χ0n) is 9.87. The number of amidine groups is 1. The number of hydrogen-bond donors (Lipinski definition) is 4. The minimum Gasteiger partial charge on any atom is -0.409 e. The van der Waals surface area contributed by atoms with Crippen LogP contribution in [0.4, 0.5) is 0 Å². The average molecular weight is 237 g/mol. The van der Waals surface area contributed by atoms with Crippen molar-refractivity contribution in [1.82, 2.24) is 5.32 Å². The molecule has 0 amide bonds. The highest BCUT2D eigenvalue weighted by Crippen LogP contribution is 2.12. The molecular weight excluding hydrogens is 218 g/mol. The lowest BCUT2D eigenvalue weighted by molar-refractivity contribution is 0.235. The van der Waals surface area contributed by atoms with Gasteiger partial charge in [-0.25, -0.2) is 0 Å². The molecule has 0 aliphatic heterocycles. The van der Waals surface area contributed by atoms with Crippen molar-refractivity contribution in [2.75, 3.05) is 6.61 Å². The molecule has 0 fully saturated rings. The van der Waals surface area contributed by atoms with Crippen LogP contribution in [0.3, 0.4) is 0 Å². The summed E-state index contributed by atoms with van der Waals surface area (Å²) in [6.07, 6.45) is 0.430. The van der Waals surface area contributed by atoms with Gasteiger partial charge in [0.2, 0.25) is 0 Å². The Morgan fingerprint density at radius 1 is 1.41 bits per heavy atom. The van der Waals surface area contributed by atoms with Crippen LogP contribution in [0.2, 0.25) is 0 Å². The molecule has 0 bridgehead atoms. The summed E-state index contributed by atoms with van der Waals surface area (Å²) < 4.78 is 0. The van der Waals surface area contributed by atoms with Gasteiger partial charge in [0.1, 0.15) is 5.84 Å². The molecule has 0 saturated heterocycles. The summed E-state index contributed by atoms with van der Waals surface area (Å²) in [4.78, 5) is 0. The summed E-state index contributed by atoms with van der Waals surface area (Å²) in [5, 5.41) is 24.0. The van der Waals surface area contributed by atoms with Crippen LogP contribution in [-0.4, -0.2) is 28.8 Å². The highest BCUT2D eigenvalue weighted by atomic mass is 16.4. The van der Waals surface area contributed by atoms with Crippen molar-refractivity contribution in [2.24, 2.45) is 10.9 Å². The van der Waals surface area contributed by atoms with Gasteiger partial charge < -0.3 is 21.4 Å². The van der Waals surface area contributed by atoms with Crippen LogP contribution in [0.15, 0.2) is 35.5 Å². The summed E-state index contributed by atoms with van der Waals surface area (Å²) >= 11 is 0. The summed E-state index contributed by atoms with van der Waals surface area (Å²) in [7, 11) is 0. The van der Waals surface area contributed by atoms with Gasteiger partial charge in [-0.15, -0.1) is 0 Å². The van der Waals surface area contributed by atoms with E-state index in [0.29, 0.717) is 6.42 Å². The maximum absolute atomic E-state index is 9.35. The van der Waals surface area contributed by atoms with E-state index in [2.05, 4.69) is 10.5 Å². The summed E-state index contributed by atoms with van der Waals surface area (Å²) in [5.74, 6) is 0.176. The van der Waals surface area contributed by atoms with Gasteiger partial charge in [-0.3, -0.25) is 0 Å². The Labute approximate surface area is 101 Å². The number of nitrogens with zero attached hydrogens (tertiary/aromatic N) is 1. The smallest absolute Gasteiger partial charge is 0.140 e. The Kier molecular flexibility index (Phi) is 5.45. The first-order valence-electron chi connectivity index (χ1n) is 5.55. The summed E-state index contributed by atoms with van der Waals surface area (Å²) in [6, 6.07) is 9.55. The van der Waals surface area contributed by atoms with Crippen molar-refractivity contribution in [3.63, 3.8) is 0 Å². The number of nitrogens with two attached hydrogens (primary N) is 1. The van der Waals surface area contributed by atoms with Gasteiger partial charge in [0, 0.05) is 12.5 Å². The molecule has 94 valence electrons. The first-order valence-corrected chi connectivity index (χ1v) is 5.55. The lowest BCUT2D eigenvalue weighted by atomic mass is 10.1. The van der Waals surface area contributed by atoms with Crippen molar-refractivity contribution < 1.29 is 10.3 Å². The third kappa shape index (κ3) is 4.42. The number of hydrogen-bond acceptors (Lipinski definition) is 4. The highest BCUT2D eigenvalue weighted by Gasteiger charge is 2.13. The van der Waals surface area contributed by atoms with Crippen molar-refractivity contribution in [3.8, 4) is 0 Å². The third-order valence-electron chi connectivity index (χ3n) is 2.51. The Bertz CT molecular complexity index is 354. The molecule has 2 atom stereocenters. The first-order chi connectivity index (χ1) is 8.17. The molecular formula is C12H19N3O2. The topological polar surface area (TPSA) is 90.9 Å². The van der Waals surface area contributed by atoms with E-state index in [0.717, 1.165) is 5.56 Å². The fourth-order valence-electron chi connectivity index (χ4n) is 1.70. The van der Waals surface area contributed by atoms with E-state index in [9.17, 15) is 5.11 Å². The van der Waals surface area contributed by atoms with Crippen LogP contribution in [-0.2, 0) is 0 Å². The Morgan fingerprint density at radius 3 is 2.59 bits per heavy atom. The number of oxime groups is 1. The second-order valence-electron chi connectivity index (χ2n) is 4.01. The van der Waals surface area contributed by atoms with Crippen LogP contribution in [0.1, 0.15) is 24.9 Å². The molecule has 5 heteroatoms. The molecule has 17 heavy (non-hydrogen) atoms. The predicted molar refractivity (Wildman–Crippen MR) is 66.9 cm³/mol. The molecule has 0 radical (unpaired) electrons. The van der Waals surface area contributed by atoms with E-state index in [1.54, 1.807) is 0 Å². The summed E-state index contributed by atoms with van der Waals surface area (Å²) in [6.45, 7) is 1.92. The van der Waals surface area contributed by atoms with Gasteiger partial charge in [0.15, 0.2) is 0 Å². The first kappa shape index (κ1) is 13.5. The standard InChI is InChI=1S/C12H19N3O2/c1-9(7-12(13)15-17)14-11(8-16)10-5-3-2-4-6-10/h2-6,9,11,14,16-17H,7-8H2,1H3,(H2,13,15). The molecule has 2 unspecified atom stereocenters. The monoisotopic (exact) mass is 237 g/mol. The number of aliphatic hydroxyl groups excluding tert-OH is 1. The molecule has 0 spiro atoms. The van der Waals surface area contributed by atoms with Crippen molar-refractivity contribution in [3.05, 3.63) is 35.9 Å². The van der Waals surface area contributed by atoms with E-state index in [1.165, 1.54) is 0 Å². The van der Waals surface area contributed by atoms with Crippen LogP contribution < -0.4 is 11.1 Å². The van der Waals surface area contributed by atoms with E-state index < -0.39 is 0 Å². The highest BCUT2D eigenvalue weighted by molar-refractivity contribution is 5.80. The zero-order chi connectivity index (χ0) is 12.7. The molecule has 0 aromatic heterocycles. The fourth-order valence-corrected chi connectivity index (χ4v) is 1.70. The fraction of sp³-hybridized carbons (Fsp3) is 0.417. The molecule has 0 aliphatic carbocycles. The maximum Gasteiger partial charge on any atom is 0.140 e. The predicted octanol–water partition coefficient (Wildman–Crippen LogP) is 0.835. The van der Waals surface area contributed by atoms with Gasteiger partial charge >= 0.3 is 0 Å². The molecule has 0 aliphatic rings. The zero-order valence-corrected chi connectivity index (χ0v) is 9.87. The third-order valence-corrected chi connectivity index (χ3v) is 2.51. The SMILES string of the molecule is CC(CC(N)=NO)NC(CO)c1ccccc1. The largest absolute Gasteiger partial charge is 0.409 e. The van der Waals surface area contributed by atoms with Gasteiger partial charge in [-0.05, 0) is 12.5 Å². The maximum atomic E-state index is 9.35. The molecule has 1 aromatic rings. The van der Waals surface area contributed by atoms with Crippen LogP contribution in [0.25, 0.3) is 0 Å². The minimum absolute atomic E-state index is 0.00449. The number of aliphatic hydroxyl groups is 1. The van der Waals surface area contributed by atoms with Crippen LogP contribution in [0.5, 0.6) is 0 Å². The molecule has 5 N–H and O–H groups in total. The second-order valence-corrected chi connectivity index (χ2v) is 4.01. The van der Waals surface area contributed by atoms with Crippen LogP contribution in [0, 0.1) is 0 Å². The lowest BCUT2D eigenvalue weighted by Crippen LogP contribution is -2.35. The molecule has 5 nitrogen and oxygen atoms in total. The van der Waals surface area contributed by atoms with Gasteiger partial charge in [0.25, 0.3) is 0 Å². The second kappa shape index (κ2) is 6.88. The van der Waals surface area contributed by atoms with E-state index in [4.69, 9.17) is 10.9 Å². The summed E-state index contributed by atoms with van der Waals surface area (Å²) in [5.41, 5.74) is 6.44. The molecule has 0 heterocycles. The van der Waals surface area contributed by atoms with E-state index in [-0.39, 0.29) is 24.5 Å². The average Bonchev–Trinajstić information content (AvgIpc) is 2.36. The van der Waals surface area contributed by atoms with Gasteiger partial charge in [-0.1, -0.05) is 35.5 Å². The number of rotatable bonds is 6. The Hall–Kier alpha value is -1.59. The Balaban J connectivity index is 2.59. The lowest BCUT2D eigenvalue weighted by Gasteiger charge is -2.21. The van der Waals surface area contributed by atoms with Gasteiger partial charge in [-0.2, -0.15) is 0 Å². The quantitative estimate of drug-likeness (QED) is 0.255. The Morgan fingerprint density at radius 2 is 2.06 bits per heavy atom. The molecule has 1 aromatic carbocycles. The normalized spacial score (nSPS) is 15.5. The molecule has 1 rings (SSSR count). The molecule has 0 saturated carbocycles. The number of benzene rings is 1. The van der Waals surface area contributed by atoms with Crippen LogP contribution >= 0.6 is 0 Å². The minimum atomic E-state index is -0.141. The van der Waals surface area contributed by atoms with Crippen molar-refractivity contribution in [1.29, 1.82) is 0 Å². The van der Waals surface area contributed by atoms with Gasteiger partial charge in [0.05, 0.1) is 12.6 Å². The van der Waals surface area contributed by atoms with E-state index >= 15 is 0 Å². The van der Waals surface area contributed by atoms with Crippen molar-refractivity contribution >= 4 is 5.84 Å².